The Morgan fingerprint density at radius 3 is 2.69 bits per heavy atom. The van der Waals surface area contributed by atoms with E-state index >= 15 is 0 Å². The van der Waals surface area contributed by atoms with E-state index < -0.39 is 12.8 Å². The molecule has 0 aromatic carbocycles. The average molecular weight is 259 g/mol. The van der Waals surface area contributed by atoms with Crippen LogP contribution >= 0.6 is 11.8 Å². The van der Waals surface area contributed by atoms with Gasteiger partial charge in [-0.05, 0) is 12.2 Å². The number of halogens is 3. The first-order valence-corrected chi connectivity index (χ1v) is 6.10. The zero-order valence-corrected chi connectivity index (χ0v) is 9.92. The van der Waals surface area contributed by atoms with Crippen LogP contribution in [0.5, 0.6) is 0 Å². The Morgan fingerprint density at radius 2 is 2.12 bits per heavy atom. The maximum absolute atomic E-state index is 11.6. The van der Waals surface area contributed by atoms with Gasteiger partial charge in [0.2, 0.25) is 5.91 Å². The number of hydrogen-bond acceptors (Lipinski definition) is 3. The highest BCUT2D eigenvalue weighted by Crippen LogP contribution is 2.13. The van der Waals surface area contributed by atoms with Crippen LogP contribution in [0.4, 0.5) is 13.2 Å². The number of alkyl halides is 3. The molecule has 7 heteroatoms. The lowest BCUT2D eigenvalue weighted by molar-refractivity contribution is -0.173. The van der Waals surface area contributed by atoms with Gasteiger partial charge in [-0.15, -0.1) is 0 Å². The monoisotopic (exact) mass is 259 g/mol. The minimum atomic E-state index is -4.30. The van der Waals surface area contributed by atoms with Gasteiger partial charge in [0.15, 0.2) is 0 Å². The van der Waals surface area contributed by atoms with Gasteiger partial charge in [0, 0.05) is 6.54 Å². The van der Waals surface area contributed by atoms with E-state index in [0.29, 0.717) is 5.75 Å². The number of rotatable bonds is 8. The molecule has 0 aromatic rings. The molecule has 0 bridgehead atoms. The molecule has 3 nitrogen and oxygen atoms in total. The predicted molar refractivity (Wildman–Crippen MR) is 57.5 cm³/mol. The summed E-state index contributed by atoms with van der Waals surface area (Å²) in [5.74, 6) is 1.07. The second-order valence-corrected chi connectivity index (χ2v) is 4.18. The predicted octanol–water partition coefficient (Wildman–Crippen LogP) is 1.82. The van der Waals surface area contributed by atoms with Crippen molar-refractivity contribution in [1.82, 2.24) is 5.32 Å². The normalized spacial score (nSPS) is 11.5. The van der Waals surface area contributed by atoms with Gasteiger partial charge < -0.3 is 10.1 Å². The van der Waals surface area contributed by atoms with Crippen LogP contribution in [0.15, 0.2) is 0 Å². The van der Waals surface area contributed by atoms with Gasteiger partial charge in [-0.3, -0.25) is 4.79 Å². The summed E-state index contributed by atoms with van der Waals surface area (Å²) in [5, 5.41) is 2.48. The second kappa shape index (κ2) is 8.69. The summed E-state index contributed by atoms with van der Waals surface area (Å²) in [6.07, 6.45) is -3.31. The maximum Gasteiger partial charge on any atom is 0.411 e. The van der Waals surface area contributed by atoms with Crippen LogP contribution in [-0.2, 0) is 9.53 Å². The fourth-order valence-corrected chi connectivity index (χ4v) is 1.53. The van der Waals surface area contributed by atoms with Gasteiger partial charge in [-0.25, -0.2) is 0 Å². The van der Waals surface area contributed by atoms with Crippen LogP contribution in [0, 0.1) is 0 Å². The Balaban J connectivity index is 3.28. The summed E-state index contributed by atoms with van der Waals surface area (Å²) in [5.41, 5.74) is 0. The van der Waals surface area contributed by atoms with Gasteiger partial charge in [0.05, 0.1) is 12.4 Å². The molecule has 0 rings (SSSR count). The van der Waals surface area contributed by atoms with E-state index in [0.717, 1.165) is 12.2 Å². The van der Waals surface area contributed by atoms with Crippen molar-refractivity contribution in [3.63, 3.8) is 0 Å². The lowest BCUT2D eigenvalue weighted by Crippen LogP contribution is -2.30. The summed E-state index contributed by atoms with van der Waals surface area (Å²) < 4.78 is 39.2. The zero-order valence-electron chi connectivity index (χ0n) is 9.10. The van der Waals surface area contributed by atoms with Crippen LogP contribution in [0.3, 0.4) is 0 Å². The summed E-state index contributed by atoms with van der Waals surface area (Å²) >= 11 is 1.50. The highest BCUT2D eigenvalue weighted by molar-refractivity contribution is 7.99. The second-order valence-electron chi connectivity index (χ2n) is 3.07. The van der Waals surface area contributed by atoms with Crippen molar-refractivity contribution in [1.29, 1.82) is 0 Å². The van der Waals surface area contributed by atoms with Gasteiger partial charge in [0.25, 0.3) is 0 Å². The first-order valence-electron chi connectivity index (χ1n) is 4.94. The molecule has 0 fully saturated rings. The van der Waals surface area contributed by atoms with Gasteiger partial charge in [-0.1, -0.05) is 6.92 Å². The number of nitrogens with one attached hydrogen (secondary N) is 1. The summed E-state index contributed by atoms with van der Waals surface area (Å²) in [6.45, 7) is 0.731. The maximum atomic E-state index is 11.6. The topological polar surface area (TPSA) is 38.3 Å². The van der Waals surface area contributed by atoms with E-state index in [2.05, 4.69) is 10.1 Å². The molecule has 0 saturated carbocycles. The molecule has 0 atom stereocenters. The van der Waals surface area contributed by atoms with Gasteiger partial charge in [-0.2, -0.15) is 24.9 Å². The van der Waals surface area contributed by atoms with E-state index in [-0.39, 0.29) is 19.1 Å². The van der Waals surface area contributed by atoms with Crippen LogP contribution in [-0.4, -0.2) is 43.3 Å². The van der Waals surface area contributed by atoms with Crippen molar-refractivity contribution in [3.05, 3.63) is 0 Å². The molecular weight excluding hydrogens is 243 g/mol. The number of carbonyl (C=O) groups is 1. The lowest BCUT2D eigenvalue weighted by atomic mass is 10.6. The van der Waals surface area contributed by atoms with Crippen molar-refractivity contribution < 1.29 is 22.7 Å². The van der Waals surface area contributed by atoms with Gasteiger partial charge in [0.1, 0.15) is 6.61 Å². The molecule has 0 aromatic heterocycles. The third kappa shape index (κ3) is 11.6. The highest BCUT2D eigenvalue weighted by atomic mass is 32.2. The largest absolute Gasteiger partial charge is 0.411 e. The molecule has 1 amide bonds. The fourth-order valence-electron chi connectivity index (χ4n) is 0.811. The molecule has 0 spiro atoms. The number of hydrogen-bond donors (Lipinski definition) is 1. The molecule has 0 radical (unpaired) electrons. The lowest BCUT2D eigenvalue weighted by Gasteiger charge is -2.08. The Hall–Kier alpha value is -0.430. The Morgan fingerprint density at radius 1 is 1.44 bits per heavy atom. The van der Waals surface area contributed by atoms with E-state index in [9.17, 15) is 18.0 Å². The standard InChI is InChI=1S/C9H16F3NO2S/c1-2-5-16-6-8(14)13-3-4-15-7-9(10,11)12/h2-7H2,1H3,(H,13,14). The molecule has 0 heterocycles. The van der Waals surface area contributed by atoms with Crippen LogP contribution < -0.4 is 5.32 Å². The van der Waals surface area contributed by atoms with Crippen molar-refractivity contribution in [3.8, 4) is 0 Å². The van der Waals surface area contributed by atoms with Crippen molar-refractivity contribution in [2.45, 2.75) is 19.5 Å². The molecule has 96 valence electrons. The molecule has 16 heavy (non-hydrogen) atoms. The molecule has 0 unspecified atom stereocenters. The Bertz CT molecular complexity index is 200. The smallest absolute Gasteiger partial charge is 0.370 e. The average Bonchev–Trinajstić information content (AvgIpc) is 2.16. The van der Waals surface area contributed by atoms with E-state index in [1.54, 1.807) is 0 Å². The summed E-state index contributed by atoms with van der Waals surface area (Å²) in [4.78, 5) is 11.1. The molecule has 1 N–H and O–H groups in total. The number of carbonyl (C=O) groups excluding carboxylic acids is 1. The van der Waals surface area contributed by atoms with Crippen LogP contribution in [0.2, 0.25) is 0 Å². The van der Waals surface area contributed by atoms with E-state index in [4.69, 9.17) is 0 Å². The molecule has 0 aliphatic rings. The van der Waals surface area contributed by atoms with Crippen molar-refractivity contribution in [2.24, 2.45) is 0 Å². The Labute approximate surface area is 97.1 Å². The first kappa shape index (κ1) is 15.6. The quantitative estimate of drug-likeness (QED) is 0.676. The number of thioether (sulfide) groups is 1. The Kier molecular flexibility index (Phi) is 8.46. The molecule has 0 aliphatic heterocycles. The van der Waals surface area contributed by atoms with E-state index in [1.165, 1.54) is 11.8 Å². The van der Waals surface area contributed by atoms with Crippen molar-refractivity contribution in [2.75, 3.05) is 31.3 Å². The fraction of sp³-hybridized carbons (Fsp3) is 0.889. The first-order chi connectivity index (χ1) is 7.45. The van der Waals surface area contributed by atoms with Gasteiger partial charge >= 0.3 is 6.18 Å². The molecule has 0 saturated heterocycles. The summed E-state index contributed by atoms with van der Waals surface area (Å²) in [6, 6.07) is 0. The minimum Gasteiger partial charge on any atom is -0.370 e. The van der Waals surface area contributed by atoms with Crippen molar-refractivity contribution >= 4 is 17.7 Å². The SMILES string of the molecule is CCCSCC(=O)NCCOCC(F)(F)F. The molecular formula is C9H16F3NO2S. The van der Waals surface area contributed by atoms with Crippen LogP contribution in [0.1, 0.15) is 13.3 Å². The summed E-state index contributed by atoms with van der Waals surface area (Å²) in [7, 11) is 0. The number of ether oxygens (including phenoxy) is 1. The third-order valence-corrected chi connectivity index (χ3v) is 2.58. The highest BCUT2D eigenvalue weighted by Gasteiger charge is 2.27. The third-order valence-electron chi connectivity index (χ3n) is 1.42. The number of amides is 1. The van der Waals surface area contributed by atoms with E-state index in [1.807, 2.05) is 6.92 Å². The van der Waals surface area contributed by atoms with Crippen LogP contribution in [0.25, 0.3) is 0 Å². The molecule has 0 aliphatic carbocycles. The zero-order chi connectivity index (χ0) is 12.4. The minimum absolute atomic E-state index is 0.113.